The van der Waals surface area contributed by atoms with Gasteiger partial charge in [-0.1, -0.05) is 25.0 Å². The summed E-state index contributed by atoms with van der Waals surface area (Å²) in [7, 11) is 0. The van der Waals surface area contributed by atoms with E-state index in [1.165, 1.54) is 18.9 Å². The molecule has 1 aliphatic rings. The van der Waals surface area contributed by atoms with Crippen LogP contribution in [0, 0.1) is 5.82 Å². The van der Waals surface area contributed by atoms with Crippen LogP contribution in [0.4, 0.5) is 10.2 Å². The minimum absolute atomic E-state index is 0.256. The van der Waals surface area contributed by atoms with Crippen molar-refractivity contribution in [3.63, 3.8) is 0 Å². The van der Waals surface area contributed by atoms with Gasteiger partial charge in [-0.3, -0.25) is 0 Å². The highest BCUT2D eigenvalue weighted by atomic mass is 19.1. The van der Waals surface area contributed by atoms with Crippen molar-refractivity contribution < 1.29 is 4.39 Å². The van der Waals surface area contributed by atoms with E-state index >= 15 is 0 Å². The van der Waals surface area contributed by atoms with Crippen molar-refractivity contribution in [1.29, 1.82) is 0 Å². The van der Waals surface area contributed by atoms with E-state index in [2.05, 4.69) is 5.10 Å². The Labute approximate surface area is 105 Å². The summed E-state index contributed by atoms with van der Waals surface area (Å²) in [6.45, 7) is 0. The highest BCUT2D eigenvalue weighted by Crippen LogP contribution is 2.33. The average molecular weight is 245 g/mol. The molecular weight excluding hydrogens is 229 g/mol. The van der Waals surface area contributed by atoms with Crippen molar-refractivity contribution in [2.75, 3.05) is 5.73 Å². The number of benzene rings is 1. The van der Waals surface area contributed by atoms with E-state index in [1.54, 1.807) is 18.2 Å². The monoisotopic (exact) mass is 245 g/mol. The standard InChI is InChI=1S/C14H16FN3/c15-12-8-4-3-7-11(12)13-9-14(16)18(17-13)10-5-1-2-6-10/h3-4,7-10H,1-2,5-6,16H2. The molecule has 3 nitrogen and oxygen atoms in total. The first-order chi connectivity index (χ1) is 8.75. The molecule has 1 aliphatic carbocycles. The number of hydrogen-bond donors (Lipinski definition) is 1. The molecule has 2 aromatic rings. The van der Waals surface area contributed by atoms with Gasteiger partial charge in [0.2, 0.25) is 0 Å². The van der Waals surface area contributed by atoms with Crippen LogP contribution in [0.15, 0.2) is 30.3 Å². The van der Waals surface area contributed by atoms with Crippen LogP contribution in [0.3, 0.4) is 0 Å². The number of hydrogen-bond acceptors (Lipinski definition) is 2. The summed E-state index contributed by atoms with van der Waals surface area (Å²) in [5, 5.41) is 4.47. The second kappa shape index (κ2) is 4.44. The van der Waals surface area contributed by atoms with Crippen LogP contribution in [0.1, 0.15) is 31.7 Å². The summed E-state index contributed by atoms with van der Waals surface area (Å²) in [5.74, 6) is 0.369. The van der Waals surface area contributed by atoms with Crippen molar-refractivity contribution >= 4 is 5.82 Å². The number of anilines is 1. The lowest BCUT2D eigenvalue weighted by Crippen LogP contribution is -2.09. The van der Waals surface area contributed by atoms with Crippen LogP contribution in [0.25, 0.3) is 11.3 Å². The number of nitrogen functional groups attached to an aromatic ring is 1. The normalized spacial score (nSPS) is 16.3. The van der Waals surface area contributed by atoms with Gasteiger partial charge in [0.15, 0.2) is 0 Å². The maximum Gasteiger partial charge on any atom is 0.132 e. The van der Waals surface area contributed by atoms with Gasteiger partial charge in [-0.05, 0) is 25.0 Å². The van der Waals surface area contributed by atoms with Crippen molar-refractivity contribution in [2.24, 2.45) is 0 Å². The van der Waals surface area contributed by atoms with Gasteiger partial charge in [0.05, 0.1) is 11.7 Å². The third-order valence-corrected chi connectivity index (χ3v) is 3.58. The van der Waals surface area contributed by atoms with Crippen molar-refractivity contribution in [3.05, 3.63) is 36.1 Å². The van der Waals surface area contributed by atoms with Crippen molar-refractivity contribution in [2.45, 2.75) is 31.7 Å². The molecule has 0 radical (unpaired) electrons. The molecule has 0 atom stereocenters. The van der Waals surface area contributed by atoms with Crippen LogP contribution in [0.5, 0.6) is 0 Å². The molecule has 1 fully saturated rings. The van der Waals surface area contributed by atoms with Crippen LogP contribution in [-0.2, 0) is 0 Å². The topological polar surface area (TPSA) is 43.8 Å². The van der Waals surface area contributed by atoms with E-state index in [-0.39, 0.29) is 5.82 Å². The fraction of sp³-hybridized carbons (Fsp3) is 0.357. The Morgan fingerprint density at radius 2 is 1.94 bits per heavy atom. The first kappa shape index (κ1) is 11.3. The number of halogens is 1. The Hall–Kier alpha value is -1.84. The summed E-state index contributed by atoms with van der Waals surface area (Å²) in [6, 6.07) is 8.80. The molecule has 4 heteroatoms. The van der Waals surface area contributed by atoms with Gasteiger partial charge in [0, 0.05) is 11.6 Å². The molecule has 0 spiro atoms. The molecule has 0 unspecified atom stereocenters. The number of aromatic nitrogens is 2. The predicted molar refractivity (Wildman–Crippen MR) is 69.5 cm³/mol. The minimum atomic E-state index is -0.256. The Morgan fingerprint density at radius 1 is 1.22 bits per heavy atom. The lowest BCUT2D eigenvalue weighted by molar-refractivity contribution is 0.474. The lowest BCUT2D eigenvalue weighted by Gasteiger charge is -2.11. The molecule has 1 saturated carbocycles. The molecular formula is C14H16FN3. The van der Waals surface area contributed by atoms with E-state index in [0.29, 0.717) is 23.1 Å². The number of nitrogens with two attached hydrogens (primary N) is 1. The van der Waals surface area contributed by atoms with E-state index in [0.717, 1.165) is 12.8 Å². The molecule has 3 rings (SSSR count). The van der Waals surface area contributed by atoms with Gasteiger partial charge in [0.25, 0.3) is 0 Å². The maximum absolute atomic E-state index is 13.7. The Morgan fingerprint density at radius 3 is 2.67 bits per heavy atom. The van der Waals surface area contributed by atoms with Gasteiger partial charge < -0.3 is 5.73 Å². The summed E-state index contributed by atoms with van der Waals surface area (Å²) >= 11 is 0. The van der Waals surface area contributed by atoms with Crippen LogP contribution < -0.4 is 5.73 Å². The summed E-state index contributed by atoms with van der Waals surface area (Å²) in [5.41, 5.74) is 7.12. The Bertz CT molecular complexity index is 556. The first-order valence-corrected chi connectivity index (χ1v) is 6.35. The van der Waals surface area contributed by atoms with E-state index in [1.807, 2.05) is 10.7 Å². The largest absolute Gasteiger partial charge is 0.384 e. The zero-order chi connectivity index (χ0) is 12.5. The smallest absolute Gasteiger partial charge is 0.132 e. The van der Waals surface area contributed by atoms with E-state index in [4.69, 9.17) is 5.73 Å². The SMILES string of the molecule is Nc1cc(-c2ccccc2F)nn1C1CCCC1. The van der Waals surface area contributed by atoms with E-state index in [9.17, 15) is 4.39 Å². The molecule has 0 saturated heterocycles. The first-order valence-electron chi connectivity index (χ1n) is 6.35. The minimum Gasteiger partial charge on any atom is -0.384 e. The Balaban J connectivity index is 1.99. The molecule has 1 aromatic carbocycles. The van der Waals surface area contributed by atoms with Gasteiger partial charge in [-0.2, -0.15) is 5.10 Å². The van der Waals surface area contributed by atoms with Gasteiger partial charge in [0.1, 0.15) is 11.6 Å². The molecule has 94 valence electrons. The maximum atomic E-state index is 13.7. The second-order valence-electron chi connectivity index (χ2n) is 4.82. The molecule has 0 bridgehead atoms. The molecule has 0 aliphatic heterocycles. The zero-order valence-electron chi connectivity index (χ0n) is 10.1. The van der Waals surface area contributed by atoms with Crippen molar-refractivity contribution in [3.8, 4) is 11.3 Å². The second-order valence-corrected chi connectivity index (χ2v) is 4.82. The third-order valence-electron chi connectivity index (χ3n) is 3.58. The van der Waals surface area contributed by atoms with Gasteiger partial charge in [-0.15, -0.1) is 0 Å². The highest BCUT2D eigenvalue weighted by Gasteiger charge is 2.21. The van der Waals surface area contributed by atoms with Crippen LogP contribution in [0.2, 0.25) is 0 Å². The van der Waals surface area contributed by atoms with Gasteiger partial charge >= 0.3 is 0 Å². The quantitative estimate of drug-likeness (QED) is 0.881. The van der Waals surface area contributed by atoms with Crippen LogP contribution in [-0.4, -0.2) is 9.78 Å². The van der Waals surface area contributed by atoms with E-state index < -0.39 is 0 Å². The predicted octanol–water partition coefficient (Wildman–Crippen LogP) is 3.39. The molecule has 1 heterocycles. The van der Waals surface area contributed by atoms with Crippen LogP contribution >= 0.6 is 0 Å². The third kappa shape index (κ3) is 1.88. The fourth-order valence-corrected chi connectivity index (χ4v) is 2.65. The fourth-order valence-electron chi connectivity index (χ4n) is 2.65. The average Bonchev–Trinajstić information content (AvgIpc) is 2.98. The van der Waals surface area contributed by atoms with Crippen molar-refractivity contribution in [1.82, 2.24) is 9.78 Å². The molecule has 2 N–H and O–H groups in total. The summed E-state index contributed by atoms with van der Waals surface area (Å²) < 4.78 is 15.6. The van der Waals surface area contributed by atoms with Gasteiger partial charge in [-0.25, -0.2) is 9.07 Å². The zero-order valence-corrected chi connectivity index (χ0v) is 10.1. The molecule has 0 amide bonds. The Kier molecular flexibility index (Phi) is 2.78. The highest BCUT2D eigenvalue weighted by molar-refractivity contribution is 5.62. The lowest BCUT2D eigenvalue weighted by atomic mass is 10.1. The summed E-state index contributed by atoms with van der Waals surface area (Å²) in [6.07, 6.45) is 4.67. The molecule has 1 aromatic heterocycles. The summed E-state index contributed by atoms with van der Waals surface area (Å²) in [4.78, 5) is 0. The number of rotatable bonds is 2. The molecule has 18 heavy (non-hydrogen) atoms. The number of nitrogens with zero attached hydrogens (tertiary/aromatic N) is 2.